The molecule has 0 saturated carbocycles. The summed E-state index contributed by atoms with van der Waals surface area (Å²) in [5, 5.41) is 4.51. The average molecular weight is 321 g/mol. The summed E-state index contributed by atoms with van der Waals surface area (Å²) in [7, 11) is 1.48. The van der Waals surface area contributed by atoms with E-state index in [9.17, 15) is 0 Å². The van der Waals surface area contributed by atoms with E-state index in [4.69, 9.17) is 19.0 Å². The summed E-state index contributed by atoms with van der Waals surface area (Å²) < 4.78 is 21.0. The molecule has 0 aliphatic carbocycles. The van der Waals surface area contributed by atoms with Crippen molar-refractivity contribution >= 4 is 17.2 Å². The van der Waals surface area contributed by atoms with Crippen molar-refractivity contribution in [2.75, 3.05) is 20.3 Å². The molecule has 0 amide bonds. The fourth-order valence-electron chi connectivity index (χ4n) is 2.01. The first-order valence-electron chi connectivity index (χ1n) is 6.69. The third kappa shape index (κ3) is 3.24. The third-order valence-electron chi connectivity index (χ3n) is 2.90. The van der Waals surface area contributed by atoms with Gasteiger partial charge in [-0.3, -0.25) is 0 Å². The smallest absolute Gasteiger partial charge is 0.298 e. The van der Waals surface area contributed by atoms with Gasteiger partial charge in [0.25, 0.3) is 5.19 Å². The van der Waals surface area contributed by atoms with Crippen molar-refractivity contribution in [2.24, 2.45) is 5.16 Å². The minimum atomic E-state index is -0.569. The molecule has 0 N–H and O–H groups in total. The lowest BCUT2D eigenvalue weighted by Gasteiger charge is -2.14. The quantitative estimate of drug-likeness (QED) is 0.621. The number of para-hydroxylation sites is 1. The minimum absolute atomic E-state index is 0.468. The lowest BCUT2D eigenvalue weighted by molar-refractivity contribution is 0.0120. The summed E-state index contributed by atoms with van der Waals surface area (Å²) in [5.74, 6) is 1.26. The van der Waals surface area contributed by atoms with Crippen LogP contribution in [-0.2, 0) is 14.3 Å². The van der Waals surface area contributed by atoms with Gasteiger partial charge in [0.05, 0.1) is 13.2 Å². The number of ether oxygens (including phenoxy) is 3. The predicted octanol–water partition coefficient (Wildman–Crippen LogP) is 2.36. The van der Waals surface area contributed by atoms with E-state index in [0.717, 1.165) is 5.56 Å². The summed E-state index contributed by atoms with van der Waals surface area (Å²) in [6.45, 7) is 2.85. The first-order valence-corrected chi connectivity index (χ1v) is 7.47. The zero-order valence-corrected chi connectivity index (χ0v) is 13.0. The van der Waals surface area contributed by atoms with Gasteiger partial charge in [0.2, 0.25) is 6.29 Å². The maximum absolute atomic E-state index is 5.81. The number of aryl methyl sites for hydroxylation is 1. The normalized spacial score (nSPS) is 16.0. The second-order valence-corrected chi connectivity index (χ2v) is 5.15. The van der Waals surface area contributed by atoms with E-state index < -0.39 is 6.29 Å². The highest BCUT2D eigenvalue weighted by molar-refractivity contribution is 7.07. The van der Waals surface area contributed by atoms with Crippen molar-refractivity contribution in [3.63, 3.8) is 0 Å². The maximum Gasteiger partial charge on any atom is 0.298 e. The summed E-state index contributed by atoms with van der Waals surface area (Å²) >= 11 is 1.19. The Morgan fingerprint density at radius 1 is 1.32 bits per heavy atom. The molecule has 1 fully saturated rings. The standard InChI is InChI=1S/C14H15N3O4S/c1-9-15-14(22-17-9)21-11-6-4-3-5-10(11)12(16-18-2)13-19-7-8-20-13/h3-6,13H,7-8H2,1-2H3. The molecule has 22 heavy (non-hydrogen) atoms. The van der Waals surface area contributed by atoms with Gasteiger partial charge in [-0.1, -0.05) is 17.3 Å². The lowest BCUT2D eigenvalue weighted by Crippen LogP contribution is -2.23. The Hall–Kier alpha value is -2.03. The van der Waals surface area contributed by atoms with E-state index in [1.54, 1.807) is 0 Å². The molecule has 0 bridgehead atoms. The van der Waals surface area contributed by atoms with Gasteiger partial charge in [-0.25, -0.2) is 0 Å². The van der Waals surface area contributed by atoms with Crippen LogP contribution < -0.4 is 4.74 Å². The Morgan fingerprint density at radius 2 is 2.09 bits per heavy atom. The van der Waals surface area contributed by atoms with E-state index in [0.29, 0.717) is 35.7 Å². The largest absolute Gasteiger partial charge is 0.429 e. The van der Waals surface area contributed by atoms with Crippen LogP contribution in [0.4, 0.5) is 0 Å². The van der Waals surface area contributed by atoms with Gasteiger partial charge >= 0.3 is 0 Å². The van der Waals surface area contributed by atoms with Crippen molar-refractivity contribution in [1.82, 2.24) is 9.36 Å². The molecule has 3 rings (SSSR count). The lowest BCUT2D eigenvalue weighted by atomic mass is 10.1. The summed E-state index contributed by atoms with van der Waals surface area (Å²) in [4.78, 5) is 9.13. The van der Waals surface area contributed by atoms with Crippen molar-refractivity contribution in [1.29, 1.82) is 0 Å². The van der Waals surface area contributed by atoms with E-state index >= 15 is 0 Å². The molecule has 0 spiro atoms. The second kappa shape index (κ2) is 6.82. The number of hydrogen-bond donors (Lipinski definition) is 0. The molecule has 1 aliphatic heterocycles. The molecule has 0 radical (unpaired) electrons. The zero-order valence-electron chi connectivity index (χ0n) is 12.2. The average Bonchev–Trinajstić information content (AvgIpc) is 3.18. The molecule has 1 aromatic heterocycles. The first-order chi connectivity index (χ1) is 10.8. The van der Waals surface area contributed by atoms with Crippen molar-refractivity contribution in [3.8, 4) is 10.9 Å². The van der Waals surface area contributed by atoms with Gasteiger partial charge < -0.3 is 19.0 Å². The van der Waals surface area contributed by atoms with Crippen LogP contribution in [0.2, 0.25) is 0 Å². The van der Waals surface area contributed by atoms with Gasteiger partial charge in [-0.2, -0.15) is 9.36 Å². The number of nitrogens with zero attached hydrogens (tertiary/aromatic N) is 3. The number of benzene rings is 1. The second-order valence-electron chi connectivity index (χ2n) is 4.44. The van der Waals surface area contributed by atoms with Crippen LogP contribution in [0.3, 0.4) is 0 Å². The number of rotatable bonds is 5. The van der Waals surface area contributed by atoms with E-state index in [-0.39, 0.29) is 0 Å². The topological polar surface area (TPSA) is 75.1 Å². The molecule has 2 aromatic rings. The van der Waals surface area contributed by atoms with Crippen molar-refractivity contribution < 1.29 is 19.0 Å². The molecular weight excluding hydrogens is 306 g/mol. The van der Waals surface area contributed by atoms with Crippen molar-refractivity contribution in [3.05, 3.63) is 35.7 Å². The molecular formula is C14H15N3O4S. The SMILES string of the molecule is CON=C(c1ccccc1Oc1nc(C)ns1)C1OCCO1. The summed E-state index contributed by atoms with van der Waals surface area (Å²) in [5.41, 5.74) is 1.25. The van der Waals surface area contributed by atoms with Crippen LogP contribution in [0.1, 0.15) is 11.4 Å². The Bertz CT molecular complexity index is 668. The molecule has 8 heteroatoms. The molecule has 1 aromatic carbocycles. The molecule has 7 nitrogen and oxygen atoms in total. The van der Waals surface area contributed by atoms with Crippen molar-refractivity contribution in [2.45, 2.75) is 13.2 Å². The highest BCUT2D eigenvalue weighted by atomic mass is 32.1. The fraction of sp³-hybridized carbons (Fsp3) is 0.357. The van der Waals surface area contributed by atoms with Gasteiger partial charge in [-0.05, 0) is 19.1 Å². The Morgan fingerprint density at radius 3 is 2.77 bits per heavy atom. The maximum atomic E-state index is 5.81. The molecule has 0 unspecified atom stereocenters. The molecule has 116 valence electrons. The third-order valence-corrected chi connectivity index (χ3v) is 3.59. The predicted molar refractivity (Wildman–Crippen MR) is 80.4 cm³/mol. The van der Waals surface area contributed by atoms with E-state index in [1.807, 2.05) is 31.2 Å². The Kier molecular flexibility index (Phi) is 4.62. The van der Waals surface area contributed by atoms with Gasteiger partial charge in [0.15, 0.2) is 0 Å². The highest BCUT2D eigenvalue weighted by Gasteiger charge is 2.27. The molecule has 2 heterocycles. The van der Waals surface area contributed by atoms with Gasteiger partial charge in [-0.15, -0.1) is 0 Å². The van der Waals surface area contributed by atoms with Crippen LogP contribution >= 0.6 is 11.5 Å². The Labute approximate surface area is 131 Å². The summed E-state index contributed by atoms with van der Waals surface area (Å²) in [6.07, 6.45) is -0.569. The molecule has 1 aliphatic rings. The Balaban J connectivity index is 1.93. The van der Waals surface area contributed by atoms with Crippen LogP contribution in [0.25, 0.3) is 0 Å². The fourth-order valence-corrected chi connectivity index (χ4v) is 2.57. The first kappa shape index (κ1) is 14.9. The zero-order chi connectivity index (χ0) is 15.4. The molecule has 1 saturated heterocycles. The van der Waals surface area contributed by atoms with E-state index in [2.05, 4.69) is 14.5 Å². The summed E-state index contributed by atoms with van der Waals surface area (Å²) in [6, 6.07) is 7.44. The number of hydrogen-bond acceptors (Lipinski definition) is 8. The number of oxime groups is 1. The van der Waals surface area contributed by atoms with Crippen LogP contribution in [-0.4, -0.2) is 41.7 Å². The van der Waals surface area contributed by atoms with Crippen LogP contribution in [0, 0.1) is 6.92 Å². The van der Waals surface area contributed by atoms with E-state index in [1.165, 1.54) is 18.6 Å². The van der Waals surface area contributed by atoms with Crippen LogP contribution in [0.5, 0.6) is 10.9 Å². The number of aromatic nitrogens is 2. The van der Waals surface area contributed by atoms with Gasteiger partial charge in [0.1, 0.15) is 24.4 Å². The van der Waals surface area contributed by atoms with Crippen LogP contribution in [0.15, 0.2) is 29.4 Å². The monoisotopic (exact) mass is 321 g/mol. The highest BCUT2D eigenvalue weighted by Crippen LogP contribution is 2.28. The van der Waals surface area contributed by atoms with Gasteiger partial charge in [0, 0.05) is 17.1 Å². The molecule has 0 atom stereocenters. The minimum Gasteiger partial charge on any atom is -0.429 e.